The molecule has 0 aromatic carbocycles. The number of halogens is 1. The lowest BCUT2D eigenvalue weighted by Gasteiger charge is -2.40. The third kappa shape index (κ3) is 3.03. The molecule has 1 N–H and O–H groups in total. The Morgan fingerprint density at radius 3 is 2.63 bits per heavy atom. The SMILES string of the molecule is CCc1nn(CC)c(CNCC2(OC)CCC2)c1Br. The number of hydrogen-bond donors (Lipinski definition) is 1. The van der Waals surface area contributed by atoms with E-state index in [4.69, 9.17) is 4.74 Å². The predicted octanol–water partition coefficient (Wildman–Crippen LogP) is 2.89. The monoisotopic (exact) mass is 329 g/mol. The number of hydrogen-bond acceptors (Lipinski definition) is 3. The van der Waals surface area contributed by atoms with Crippen molar-refractivity contribution < 1.29 is 4.74 Å². The highest BCUT2D eigenvalue weighted by Gasteiger charge is 2.36. The standard InChI is InChI=1S/C14H24BrN3O/c1-4-11-13(15)12(18(5-2)17-11)9-16-10-14(19-3)7-6-8-14/h16H,4-10H2,1-3H3. The van der Waals surface area contributed by atoms with E-state index >= 15 is 0 Å². The largest absolute Gasteiger partial charge is 0.377 e. The van der Waals surface area contributed by atoms with E-state index in [1.807, 2.05) is 7.11 Å². The van der Waals surface area contributed by atoms with Gasteiger partial charge in [-0.15, -0.1) is 0 Å². The Morgan fingerprint density at radius 1 is 1.42 bits per heavy atom. The minimum absolute atomic E-state index is 0.0805. The first-order chi connectivity index (χ1) is 9.15. The van der Waals surface area contributed by atoms with Gasteiger partial charge in [-0.1, -0.05) is 6.92 Å². The zero-order chi connectivity index (χ0) is 13.9. The van der Waals surface area contributed by atoms with E-state index in [1.54, 1.807) is 0 Å². The maximum absolute atomic E-state index is 5.63. The molecule has 0 spiro atoms. The van der Waals surface area contributed by atoms with Crippen LogP contribution in [-0.4, -0.2) is 29.0 Å². The molecule has 0 amide bonds. The smallest absolute Gasteiger partial charge is 0.0802 e. The van der Waals surface area contributed by atoms with Gasteiger partial charge in [-0.2, -0.15) is 5.10 Å². The summed E-state index contributed by atoms with van der Waals surface area (Å²) in [5.74, 6) is 0. The lowest BCUT2D eigenvalue weighted by atomic mass is 9.80. The van der Waals surface area contributed by atoms with Gasteiger partial charge in [-0.05, 0) is 48.5 Å². The van der Waals surface area contributed by atoms with Crippen molar-refractivity contribution in [1.82, 2.24) is 15.1 Å². The van der Waals surface area contributed by atoms with Gasteiger partial charge in [0.1, 0.15) is 0 Å². The van der Waals surface area contributed by atoms with E-state index < -0.39 is 0 Å². The van der Waals surface area contributed by atoms with Gasteiger partial charge < -0.3 is 10.1 Å². The summed E-state index contributed by atoms with van der Waals surface area (Å²) in [5.41, 5.74) is 2.46. The van der Waals surface area contributed by atoms with Crippen molar-refractivity contribution in [2.75, 3.05) is 13.7 Å². The fourth-order valence-corrected chi connectivity index (χ4v) is 3.32. The highest BCUT2D eigenvalue weighted by atomic mass is 79.9. The number of aryl methyl sites for hydroxylation is 2. The maximum atomic E-state index is 5.63. The molecule has 1 fully saturated rings. The number of nitrogens with zero attached hydrogens (tertiary/aromatic N) is 2. The molecule has 2 rings (SSSR count). The van der Waals surface area contributed by atoms with Crippen LogP contribution >= 0.6 is 15.9 Å². The molecular weight excluding hydrogens is 306 g/mol. The van der Waals surface area contributed by atoms with Gasteiger partial charge in [0, 0.05) is 26.7 Å². The average molecular weight is 330 g/mol. The minimum atomic E-state index is 0.0805. The third-order valence-electron chi connectivity index (χ3n) is 4.13. The van der Waals surface area contributed by atoms with Crippen LogP contribution in [0.3, 0.4) is 0 Å². The second-order valence-corrected chi connectivity index (χ2v) is 6.01. The van der Waals surface area contributed by atoms with Gasteiger partial charge >= 0.3 is 0 Å². The molecule has 1 saturated carbocycles. The normalized spacial score (nSPS) is 17.5. The lowest BCUT2D eigenvalue weighted by Crippen LogP contribution is -2.47. The molecule has 19 heavy (non-hydrogen) atoms. The van der Waals surface area contributed by atoms with Gasteiger partial charge in [0.05, 0.1) is 21.5 Å². The molecule has 1 aliphatic rings. The van der Waals surface area contributed by atoms with E-state index in [-0.39, 0.29) is 5.60 Å². The Balaban J connectivity index is 1.97. The zero-order valence-corrected chi connectivity index (χ0v) is 13.7. The van der Waals surface area contributed by atoms with Crippen LogP contribution in [0.15, 0.2) is 4.47 Å². The average Bonchev–Trinajstić information content (AvgIpc) is 2.69. The first-order valence-electron chi connectivity index (χ1n) is 7.15. The van der Waals surface area contributed by atoms with Crippen molar-refractivity contribution in [2.45, 2.75) is 58.2 Å². The third-order valence-corrected chi connectivity index (χ3v) is 5.05. The highest BCUT2D eigenvalue weighted by molar-refractivity contribution is 9.10. The summed E-state index contributed by atoms with van der Waals surface area (Å²) in [5, 5.41) is 8.15. The van der Waals surface area contributed by atoms with Gasteiger partial charge in [0.2, 0.25) is 0 Å². The van der Waals surface area contributed by atoms with E-state index in [0.29, 0.717) is 0 Å². The Hall–Kier alpha value is -0.390. The Morgan fingerprint density at radius 2 is 2.16 bits per heavy atom. The minimum Gasteiger partial charge on any atom is -0.377 e. The van der Waals surface area contributed by atoms with Crippen molar-refractivity contribution >= 4 is 15.9 Å². The van der Waals surface area contributed by atoms with E-state index in [9.17, 15) is 0 Å². The number of methoxy groups -OCH3 is 1. The molecule has 0 saturated heterocycles. The van der Waals surface area contributed by atoms with Crippen LogP contribution < -0.4 is 5.32 Å². The summed E-state index contributed by atoms with van der Waals surface area (Å²) in [4.78, 5) is 0. The van der Waals surface area contributed by atoms with Gasteiger partial charge in [0.25, 0.3) is 0 Å². The van der Waals surface area contributed by atoms with Crippen LogP contribution in [0.1, 0.15) is 44.5 Å². The Labute approximate surface area is 124 Å². The quantitative estimate of drug-likeness (QED) is 0.836. The van der Waals surface area contributed by atoms with Gasteiger partial charge in [-0.3, -0.25) is 4.68 Å². The molecule has 1 aromatic heterocycles. The predicted molar refractivity (Wildman–Crippen MR) is 80.3 cm³/mol. The topological polar surface area (TPSA) is 39.1 Å². The number of aromatic nitrogens is 2. The summed E-state index contributed by atoms with van der Waals surface area (Å²) in [6.07, 6.45) is 4.59. The first kappa shape index (κ1) is 15.0. The van der Waals surface area contributed by atoms with Gasteiger partial charge in [-0.25, -0.2) is 0 Å². The van der Waals surface area contributed by atoms with Crippen LogP contribution in [0, 0.1) is 0 Å². The molecule has 0 radical (unpaired) electrons. The molecule has 0 atom stereocenters. The van der Waals surface area contributed by atoms with Crippen LogP contribution in [0.2, 0.25) is 0 Å². The number of ether oxygens (including phenoxy) is 1. The molecule has 0 aliphatic heterocycles. The molecule has 4 nitrogen and oxygen atoms in total. The second kappa shape index (κ2) is 6.37. The summed E-state index contributed by atoms with van der Waals surface area (Å²) in [7, 11) is 1.82. The van der Waals surface area contributed by atoms with Crippen LogP contribution in [0.4, 0.5) is 0 Å². The molecule has 0 unspecified atom stereocenters. The van der Waals surface area contributed by atoms with Crippen LogP contribution in [0.25, 0.3) is 0 Å². The summed E-state index contributed by atoms with van der Waals surface area (Å²) in [6, 6.07) is 0. The highest BCUT2D eigenvalue weighted by Crippen LogP contribution is 2.34. The molecule has 1 heterocycles. The molecule has 108 valence electrons. The lowest BCUT2D eigenvalue weighted by molar-refractivity contribution is -0.0696. The summed E-state index contributed by atoms with van der Waals surface area (Å²) >= 11 is 3.68. The van der Waals surface area contributed by atoms with Crippen molar-refractivity contribution in [3.63, 3.8) is 0 Å². The number of nitrogens with one attached hydrogen (secondary N) is 1. The van der Waals surface area contributed by atoms with E-state index in [0.717, 1.165) is 36.2 Å². The molecule has 1 aliphatic carbocycles. The van der Waals surface area contributed by atoms with Crippen molar-refractivity contribution in [1.29, 1.82) is 0 Å². The molecule has 1 aromatic rings. The van der Waals surface area contributed by atoms with Crippen molar-refractivity contribution in [2.24, 2.45) is 0 Å². The molecule has 5 heteroatoms. The fourth-order valence-electron chi connectivity index (χ4n) is 2.62. The van der Waals surface area contributed by atoms with Crippen molar-refractivity contribution in [3.05, 3.63) is 15.9 Å². The number of rotatable bonds is 7. The molecular formula is C14H24BrN3O. The van der Waals surface area contributed by atoms with Crippen LogP contribution in [0.5, 0.6) is 0 Å². The van der Waals surface area contributed by atoms with Crippen molar-refractivity contribution in [3.8, 4) is 0 Å². The Kier molecular flexibility index (Phi) is 5.03. The fraction of sp³-hybridized carbons (Fsp3) is 0.786. The molecule has 0 bridgehead atoms. The zero-order valence-electron chi connectivity index (χ0n) is 12.1. The van der Waals surface area contributed by atoms with Crippen LogP contribution in [-0.2, 0) is 24.2 Å². The maximum Gasteiger partial charge on any atom is 0.0802 e. The van der Waals surface area contributed by atoms with Gasteiger partial charge in [0.15, 0.2) is 0 Å². The summed E-state index contributed by atoms with van der Waals surface area (Å²) < 4.78 is 8.86. The first-order valence-corrected chi connectivity index (χ1v) is 7.95. The van der Waals surface area contributed by atoms with E-state index in [1.165, 1.54) is 25.0 Å². The summed E-state index contributed by atoms with van der Waals surface area (Å²) in [6.45, 7) is 6.94. The van der Waals surface area contributed by atoms with E-state index in [2.05, 4.69) is 44.9 Å². The second-order valence-electron chi connectivity index (χ2n) is 5.22. The Bertz CT molecular complexity index is 421.